The Bertz CT molecular complexity index is 588. The summed E-state index contributed by atoms with van der Waals surface area (Å²) in [5, 5.41) is 21.2. The van der Waals surface area contributed by atoms with E-state index in [-0.39, 0.29) is 11.3 Å². The van der Waals surface area contributed by atoms with Gasteiger partial charge >= 0.3 is 12.1 Å². The van der Waals surface area contributed by atoms with Crippen molar-refractivity contribution in [2.24, 2.45) is 0 Å². The molecular formula is C22H35NO5. The molecule has 1 amide bonds. The van der Waals surface area contributed by atoms with E-state index in [1.807, 2.05) is 0 Å². The molecule has 3 N–H and O–H groups in total. The molecule has 0 aliphatic carbocycles. The maximum Gasteiger partial charge on any atom is 0.411 e. The van der Waals surface area contributed by atoms with Crippen molar-refractivity contribution in [2.75, 3.05) is 11.9 Å². The number of amides is 1. The van der Waals surface area contributed by atoms with Crippen LogP contribution in [0, 0.1) is 0 Å². The van der Waals surface area contributed by atoms with Gasteiger partial charge in [-0.15, -0.1) is 0 Å². The van der Waals surface area contributed by atoms with E-state index in [4.69, 9.17) is 9.84 Å². The van der Waals surface area contributed by atoms with E-state index in [1.54, 1.807) is 0 Å². The Hall–Kier alpha value is -2.24. The summed E-state index contributed by atoms with van der Waals surface area (Å²) in [4.78, 5) is 22.7. The zero-order valence-electron chi connectivity index (χ0n) is 17.0. The van der Waals surface area contributed by atoms with Crippen molar-refractivity contribution in [3.8, 4) is 5.75 Å². The van der Waals surface area contributed by atoms with Crippen molar-refractivity contribution < 1.29 is 24.5 Å². The molecule has 0 spiro atoms. The topological polar surface area (TPSA) is 95.9 Å². The molecule has 1 aromatic carbocycles. The fourth-order valence-electron chi connectivity index (χ4n) is 3.07. The van der Waals surface area contributed by atoms with Crippen molar-refractivity contribution >= 4 is 17.7 Å². The predicted molar refractivity (Wildman–Crippen MR) is 111 cm³/mol. The highest BCUT2D eigenvalue weighted by Crippen LogP contribution is 2.27. The molecular weight excluding hydrogens is 358 g/mol. The molecule has 0 radical (unpaired) electrons. The van der Waals surface area contributed by atoms with E-state index in [9.17, 15) is 14.7 Å². The number of phenols is 1. The van der Waals surface area contributed by atoms with E-state index in [0.29, 0.717) is 6.61 Å². The number of carbonyl (C=O) groups is 2. The predicted octanol–water partition coefficient (Wildman–Crippen LogP) is 6.34. The highest BCUT2D eigenvalue weighted by molar-refractivity contribution is 5.96. The third kappa shape index (κ3) is 10.2. The highest BCUT2D eigenvalue weighted by Gasteiger charge is 2.14. The molecule has 0 aliphatic rings. The summed E-state index contributed by atoms with van der Waals surface area (Å²) in [5.41, 5.74) is -0.238. The van der Waals surface area contributed by atoms with Crippen LogP contribution in [0.25, 0.3) is 0 Å². The fourth-order valence-corrected chi connectivity index (χ4v) is 3.07. The first kappa shape index (κ1) is 23.8. The number of unbranched alkanes of at least 4 members (excludes halogenated alkanes) is 11. The van der Waals surface area contributed by atoms with Gasteiger partial charge in [-0.1, -0.05) is 83.6 Å². The second-order valence-corrected chi connectivity index (χ2v) is 7.16. The average molecular weight is 394 g/mol. The number of hydrogen-bond acceptors (Lipinski definition) is 4. The molecule has 158 valence electrons. The quantitative estimate of drug-likeness (QED) is 0.239. The monoisotopic (exact) mass is 393 g/mol. The number of benzene rings is 1. The Kier molecular flexibility index (Phi) is 12.6. The molecule has 0 heterocycles. The fraction of sp³-hybridized carbons (Fsp3) is 0.636. The van der Waals surface area contributed by atoms with Crippen LogP contribution >= 0.6 is 0 Å². The number of nitrogens with one attached hydrogen (secondary N) is 1. The van der Waals surface area contributed by atoms with Crippen LogP contribution in [0.15, 0.2) is 18.2 Å². The molecule has 0 saturated heterocycles. The highest BCUT2D eigenvalue weighted by atomic mass is 16.5. The minimum Gasteiger partial charge on any atom is -0.505 e. The molecule has 0 aliphatic heterocycles. The molecule has 1 rings (SSSR count). The van der Waals surface area contributed by atoms with Crippen molar-refractivity contribution in [1.29, 1.82) is 0 Å². The van der Waals surface area contributed by atoms with Gasteiger partial charge in [-0.3, -0.25) is 5.32 Å². The number of hydrogen-bond donors (Lipinski definition) is 3. The summed E-state index contributed by atoms with van der Waals surface area (Å²) in [6.07, 6.45) is 14.1. The van der Waals surface area contributed by atoms with Gasteiger partial charge < -0.3 is 14.9 Å². The van der Waals surface area contributed by atoms with Crippen molar-refractivity contribution in [3.05, 3.63) is 23.8 Å². The van der Waals surface area contributed by atoms with Crippen LogP contribution in [0.2, 0.25) is 0 Å². The summed E-state index contributed by atoms with van der Waals surface area (Å²) < 4.78 is 5.08. The minimum absolute atomic E-state index is 0.0274. The number of aromatic carboxylic acids is 1. The van der Waals surface area contributed by atoms with E-state index in [0.717, 1.165) is 19.3 Å². The van der Waals surface area contributed by atoms with E-state index in [1.165, 1.54) is 76.0 Å². The first-order valence-corrected chi connectivity index (χ1v) is 10.5. The zero-order valence-corrected chi connectivity index (χ0v) is 17.0. The molecule has 1 aromatic rings. The first-order chi connectivity index (χ1) is 13.6. The molecule has 6 heteroatoms. The summed E-state index contributed by atoms with van der Waals surface area (Å²) in [5.74, 6) is -1.73. The van der Waals surface area contributed by atoms with Gasteiger partial charge in [-0.05, 0) is 18.6 Å². The van der Waals surface area contributed by atoms with Crippen LogP contribution in [-0.2, 0) is 4.74 Å². The Labute approximate surface area is 168 Å². The minimum atomic E-state index is -1.26. The molecule has 6 nitrogen and oxygen atoms in total. The Morgan fingerprint density at radius 2 is 1.43 bits per heavy atom. The Balaban J connectivity index is 2.03. The number of carboxylic acids is 1. The Morgan fingerprint density at radius 1 is 0.893 bits per heavy atom. The van der Waals surface area contributed by atoms with Crippen LogP contribution in [0.4, 0.5) is 10.5 Å². The summed E-state index contributed by atoms with van der Waals surface area (Å²) in [6, 6.07) is 4.14. The molecule has 0 fully saturated rings. The number of ether oxygens (including phenoxy) is 1. The number of rotatable bonds is 15. The van der Waals surface area contributed by atoms with Gasteiger partial charge in [0, 0.05) is 0 Å². The van der Waals surface area contributed by atoms with Crippen LogP contribution in [0.1, 0.15) is 94.3 Å². The van der Waals surface area contributed by atoms with Crippen LogP contribution in [0.3, 0.4) is 0 Å². The summed E-state index contributed by atoms with van der Waals surface area (Å²) >= 11 is 0. The van der Waals surface area contributed by atoms with E-state index < -0.39 is 17.8 Å². The summed E-state index contributed by atoms with van der Waals surface area (Å²) in [7, 11) is 0. The number of anilines is 1. The third-order valence-electron chi connectivity index (χ3n) is 4.73. The zero-order chi connectivity index (χ0) is 20.6. The molecule has 0 aromatic heterocycles. The van der Waals surface area contributed by atoms with Crippen LogP contribution in [0.5, 0.6) is 5.75 Å². The Morgan fingerprint density at radius 3 is 1.96 bits per heavy atom. The van der Waals surface area contributed by atoms with Crippen molar-refractivity contribution in [1.82, 2.24) is 0 Å². The van der Waals surface area contributed by atoms with Gasteiger partial charge in [0.1, 0.15) is 5.56 Å². The maximum absolute atomic E-state index is 11.8. The van der Waals surface area contributed by atoms with Crippen LogP contribution in [-0.4, -0.2) is 28.9 Å². The molecule has 0 atom stereocenters. The lowest BCUT2D eigenvalue weighted by Crippen LogP contribution is -2.15. The summed E-state index contributed by atoms with van der Waals surface area (Å²) in [6.45, 7) is 2.55. The lowest BCUT2D eigenvalue weighted by molar-refractivity contribution is 0.0693. The standard InChI is InChI=1S/C22H35NO5/c1-2-3-4-5-6-7-8-9-10-11-12-13-17-28-22(27)23-19-16-14-15-18(20(19)24)21(25)26/h14-16,24H,2-13,17H2,1H3,(H,23,27)(H,25,26). The van der Waals surface area contributed by atoms with E-state index in [2.05, 4.69) is 12.2 Å². The van der Waals surface area contributed by atoms with Gasteiger partial charge in [0.25, 0.3) is 0 Å². The number of carbonyl (C=O) groups excluding carboxylic acids is 1. The van der Waals surface area contributed by atoms with Gasteiger partial charge in [-0.2, -0.15) is 0 Å². The number of aromatic hydroxyl groups is 1. The van der Waals surface area contributed by atoms with Gasteiger partial charge in [0.15, 0.2) is 5.75 Å². The first-order valence-electron chi connectivity index (χ1n) is 10.5. The van der Waals surface area contributed by atoms with Gasteiger partial charge in [0.05, 0.1) is 12.3 Å². The molecule has 0 unspecified atom stereocenters. The molecule has 0 saturated carbocycles. The van der Waals surface area contributed by atoms with E-state index >= 15 is 0 Å². The third-order valence-corrected chi connectivity index (χ3v) is 4.73. The maximum atomic E-state index is 11.8. The molecule has 28 heavy (non-hydrogen) atoms. The van der Waals surface area contributed by atoms with Crippen molar-refractivity contribution in [3.63, 3.8) is 0 Å². The normalized spacial score (nSPS) is 10.6. The number of carboxylic acid groups (broad SMARTS) is 1. The SMILES string of the molecule is CCCCCCCCCCCCCCOC(=O)Nc1cccc(C(=O)O)c1O. The largest absolute Gasteiger partial charge is 0.505 e. The van der Waals surface area contributed by atoms with Crippen LogP contribution < -0.4 is 5.32 Å². The second kappa shape index (κ2) is 14.8. The molecule has 0 bridgehead atoms. The average Bonchev–Trinajstić information content (AvgIpc) is 2.67. The smallest absolute Gasteiger partial charge is 0.411 e. The van der Waals surface area contributed by atoms with Gasteiger partial charge in [-0.25, -0.2) is 9.59 Å². The lowest BCUT2D eigenvalue weighted by atomic mass is 10.1. The second-order valence-electron chi connectivity index (χ2n) is 7.16. The lowest BCUT2D eigenvalue weighted by Gasteiger charge is -2.09. The van der Waals surface area contributed by atoms with Crippen molar-refractivity contribution in [2.45, 2.75) is 84.0 Å². The van der Waals surface area contributed by atoms with Gasteiger partial charge in [0.2, 0.25) is 0 Å². The number of para-hydroxylation sites is 1.